The molecule has 6 heteroatoms. The topological polar surface area (TPSA) is 79.5 Å². The highest BCUT2D eigenvalue weighted by Crippen LogP contribution is 2.26. The van der Waals surface area contributed by atoms with Gasteiger partial charge in [-0.15, -0.1) is 0 Å². The van der Waals surface area contributed by atoms with E-state index >= 15 is 0 Å². The fourth-order valence-corrected chi connectivity index (χ4v) is 3.84. The molecule has 0 atom stereocenters. The largest absolute Gasteiger partial charge is 0.396 e. The van der Waals surface area contributed by atoms with Gasteiger partial charge in [0.1, 0.15) is 5.82 Å². The second-order valence-electron chi connectivity index (χ2n) is 9.39. The highest BCUT2D eigenvalue weighted by Gasteiger charge is 2.16. The summed E-state index contributed by atoms with van der Waals surface area (Å²) in [6.07, 6.45) is 1.51. The summed E-state index contributed by atoms with van der Waals surface area (Å²) in [5, 5.41) is 16.7. The van der Waals surface area contributed by atoms with Gasteiger partial charge in [-0.1, -0.05) is 51.1 Å². The summed E-state index contributed by atoms with van der Waals surface area (Å²) < 4.78 is 1.80. The third kappa shape index (κ3) is 5.12. The molecule has 2 N–H and O–H groups in total. The maximum atomic E-state index is 12.9. The van der Waals surface area contributed by atoms with Crippen molar-refractivity contribution >= 4 is 17.4 Å². The molecule has 2 aromatic heterocycles. The van der Waals surface area contributed by atoms with Crippen molar-refractivity contribution in [3.05, 3.63) is 83.0 Å². The van der Waals surface area contributed by atoms with Crippen LogP contribution in [0, 0.1) is 6.92 Å². The Balaban J connectivity index is 1.67. The second kappa shape index (κ2) is 9.16. The number of aliphatic hydroxyl groups is 1. The summed E-state index contributed by atoms with van der Waals surface area (Å²) in [5.41, 5.74) is 6.27. The number of nitrogens with zero attached hydrogens (tertiary/aromatic N) is 3. The average molecular weight is 443 g/mol. The van der Waals surface area contributed by atoms with Crippen molar-refractivity contribution in [3.63, 3.8) is 0 Å². The van der Waals surface area contributed by atoms with Crippen molar-refractivity contribution in [2.45, 2.75) is 46.0 Å². The molecule has 0 aliphatic rings. The van der Waals surface area contributed by atoms with Crippen LogP contribution in [0.15, 0.2) is 60.7 Å². The Morgan fingerprint density at radius 3 is 2.52 bits per heavy atom. The molecule has 2 aromatic carbocycles. The smallest absolute Gasteiger partial charge is 0.256 e. The number of amides is 1. The molecule has 0 saturated heterocycles. The number of carbonyl (C=O) groups is 1. The molecule has 0 aliphatic heterocycles. The predicted molar refractivity (Wildman–Crippen MR) is 132 cm³/mol. The number of fused-ring (bicyclic) bond motifs is 1. The number of aryl methyl sites for hydroxylation is 2. The van der Waals surface area contributed by atoms with Gasteiger partial charge in [0.05, 0.1) is 11.4 Å². The van der Waals surface area contributed by atoms with Crippen molar-refractivity contribution in [2.24, 2.45) is 0 Å². The Morgan fingerprint density at radius 2 is 1.82 bits per heavy atom. The summed E-state index contributed by atoms with van der Waals surface area (Å²) in [6, 6.07) is 19.6. The summed E-state index contributed by atoms with van der Waals surface area (Å²) in [6.45, 7) is 8.53. The number of aromatic nitrogens is 3. The van der Waals surface area contributed by atoms with Gasteiger partial charge in [-0.25, -0.2) is 9.50 Å². The average Bonchev–Trinajstić information content (AvgIpc) is 3.16. The molecule has 0 fully saturated rings. The van der Waals surface area contributed by atoms with Crippen LogP contribution in [-0.2, 0) is 11.8 Å². The van der Waals surface area contributed by atoms with Crippen LogP contribution in [0.5, 0.6) is 0 Å². The lowest BCUT2D eigenvalue weighted by atomic mass is 9.87. The third-order valence-electron chi connectivity index (χ3n) is 5.65. The van der Waals surface area contributed by atoms with Crippen LogP contribution in [-0.4, -0.2) is 32.2 Å². The van der Waals surface area contributed by atoms with Gasteiger partial charge in [0.25, 0.3) is 5.91 Å². The number of rotatable bonds is 6. The molecular weight excluding hydrogens is 412 g/mol. The maximum Gasteiger partial charge on any atom is 0.256 e. The van der Waals surface area contributed by atoms with Crippen molar-refractivity contribution < 1.29 is 9.90 Å². The molecule has 0 saturated carbocycles. The van der Waals surface area contributed by atoms with Gasteiger partial charge in [-0.2, -0.15) is 5.10 Å². The van der Waals surface area contributed by atoms with Crippen LogP contribution in [0.25, 0.3) is 16.9 Å². The zero-order chi connectivity index (χ0) is 23.6. The monoisotopic (exact) mass is 442 g/mol. The fourth-order valence-electron chi connectivity index (χ4n) is 3.84. The van der Waals surface area contributed by atoms with Crippen LogP contribution in [0.1, 0.15) is 54.4 Å². The van der Waals surface area contributed by atoms with Gasteiger partial charge in [-0.3, -0.25) is 4.79 Å². The molecule has 6 nitrogen and oxygen atoms in total. The lowest BCUT2D eigenvalue weighted by Gasteiger charge is -2.19. The third-order valence-corrected chi connectivity index (χ3v) is 5.65. The Bertz CT molecular complexity index is 1280. The first-order valence-electron chi connectivity index (χ1n) is 11.2. The normalized spacial score (nSPS) is 11.7. The molecule has 2 heterocycles. The maximum absolute atomic E-state index is 12.9. The van der Waals surface area contributed by atoms with E-state index in [4.69, 9.17) is 5.11 Å². The minimum absolute atomic E-state index is 0.0298. The van der Waals surface area contributed by atoms with E-state index in [0.29, 0.717) is 23.4 Å². The van der Waals surface area contributed by atoms with Gasteiger partial charge >= 0.3 is 0 Å². The summed E-state index contributed by atoms with van der Waals surface area (Å²) in [5.74, 6) is 0.272. The molecule has 0 bridgehead atoms. The number of hydrogen-bond donors (Lipinski definition) is 2. The van der Waals surface area contributed by atoms with Crippen molar-refractivity contribution in [1.82, 2.24) is 14.6 Å². The minimum Gasteiger partial charge on any atom is -0.396 e. The number of nitrogens with one attached hydrogen (secondary N) is 1. The molecule has 0 unspecified atom stereocenters. The van der Waals surface area contributed by atoms with E-state index in [9.17, 15) is 4.79 Å². The molecule has 33 heavy (non-hydrogen) atoms. The summed E-state index contributed by atoms with van der Waals surface area (Å²) in [4.78, 5) is 17.6. The molecular formula is C27H30N4O2. The van der Waals surface area contributed by atoms with Crippen molar-refractivity contribution in [1.29, 1.82) is 0 Å². The van der Waals surface area contributed by atoms with E-state index in [1.165, 1.54) is 5.56 Å². The molecule has 170 valence electrons. The van der Waals surface area contributed by atoms with E-state index in [1.54, 1.807) is 4.52 Å². The first-order chi connectivity index (χ1) is 15.7. The first-order valence-corrected chi connectivity index (χ1v) is 11.2. The molecule has 0 radical (unpaired) electrons. The highest BCUT2D eigenvalue weighted by atomic mass is 16.2. The van der Waals surface area contributed by atoms with Gasteiger partial charge < -0.3 is 10.4 Å². The van der Waals surface area contributed by atoms with Crippen molar-refractivity contribution in [3.8, 4) is 11.3 Å². The van der Waals surface area contributed by atoms with Crippen LogP contribution in [0.2, 0.25) is 0 Å². The second-order valence-corrected chi connectivity index (χ2v) is 9.39. The van der Waals surface area contributed by atoms with E-state index in [-0.39, 0.29) is 17.9 Å². The number of benzene rings is 2. The molecule has 0 aliphatic carbocycles. The van der Waals surface area contributed by atoms with Crippen LogP contribution in [0.3, 0.4) is 0 Å². The van der Waals surface area contributed by atoms with E-state index in [1.807, 2.05) is 55.5 Å². The Hall–Kier alpha value is -3.51. The lowest BCUT2D eigenvalue weighted by Crippen LogP contribution is -2.15. The Morgan fingerprint density at radius 1 is 1.06 bits per heavy atom. The lowest BCUT2D eigenvalue weighted by molar-refractivity contribution is 0.102. The van der Waals surface area contributed by atoms with E-state index in [2.05, 4.69) is 48.3 Å². The number of anilines is 1. The number of carbonyl (C=O) groups excluding carboxylic acids is 1. The zero-order valence-electron chi connectivity index (χ0n) is 19.6. The summed E-state index contributed by atoms with van der Waals surface area (Å²) >= 11 is 0. The highest BCUT2D eigenvalue weighted by molar-refractivity contribution is 6.04. The molecule has 4 aromatic rings. The molecule has 0 spiro atoms. The number of hydrogen-bond acceptors (Lipinski definition) is 4. The fraction of sp³-hybridized carbons (Fsp3) is 0.296. The predicted octanol–water partition coefficient (Wildman–Crippen LogP) is 5.18. The van der Waals surface area contributed by atoms with E-state index < -0.39 is 0 Å². The Kier molecular flexibility index (Phi) is 6.29. The van der Waals surface area contributed by atoms with Crippen LogP contribution >= 0.6 is 0 Å². The van der Waals surface area contributed by atoms with Crippen LogP contribution in [0.4, 0.5) is 5.82 Å². The Labute approximate surface area is 194 Å². The summed E-state index contributed by atoms with van der Waals surface area (Å²) in [7, 11) is 0. The van der Waals surface area contributed by atoms with Gasteiger partial charge in [0.15, 0.2) is 5.65 Å². The quantitative estimate of drug-likeness (QED) is 0.431. The van der Waals surface area contributed by atoms with Gasteiger partial charge in [-0.05, 0) is 54.5 Å². The number of aliphatic hydroxyl groups excluding tert-OH is 1. The zero-order valence-corrected chi connectivity index (χ0v) is 19.6. The molecule has 1 amide bonds. The SMILES string of the molecule is Cc1cc2nc(NC(=O)c3ccc(C(C)(C)C)cc3)cc(-c3cccc(CCCO)c3)n2n1. The standard InChI is InChI=1S/C27H30N4O2/c1-18-15-25-28-24(29-26(33)20-10-12-22(13-11-20)27(2,3)4)17-23(31(25)30-18)21-9-5-7-19(16-21)8-6-14-32/h5,7,9-13,15-17,32H,6,8,14H2,1-4H3,(H,28,29,33). The van der Waals surface area contributed by atoms with E-state index in [0.717, 1.165) is 28.9 Å². The van der Waals surface area contributed by atoms with Gasteiger partial charge in [0, 0.05) is 29.9 Å². The van der Waals surface area contributed by atoms with Gasteiger partial charge in [0.2, 0.25) is 0 Å². The van der Waals surface area contributed by atoms with Crippen molar-refractivity contribution in [2.75, 3.05) is 11.9 Å². The first kappa shape index (κ1) is 22.7. The van der Waals surface area contributed by atoms with Crippen LogP contribution < -0.4 is 5.32 Å². The minimum atomic E-state index is -0.203. The molecule has 4 rings (SSSR count).